The molecule has 0 spiro atoms. The first-order chi connectivity index (χ1) is 7.93. The van der Waals surface area contributed by atoms with Crippen LogP contribution in [0.2, 0.25) is 0 Å². The molecule has 1 unspecified atom stereocenters. The van der Waals surface area contributed by atoms with Gasteiger partial charge in [-0.15, -0.1) is 0 Å². The topological polar surface area (TPSA) is 24.9 Å². The number of fused-ring (bicyclic) bond motifs is 1. The van der Waals surface area contributed by atoms with Gasteiger partial charge in [-0.05, 0) is 48.8 Å². The highest BCUT2D eigenvalue weighted by atomic mass is 32.2. The maximum atomic E-state index is 4.54. The minimum Gasteiger partial charge on any atom is -0.306 e. The van der Waals surface area contributed by atoms with Gasteiger partial charge >= 0.3 is 0 Å². The second-order valence-electron chi connectivity index (χ2n) is 4.69. The fraction of sp³-hybridized carbons (Fsp3) is 0.615. The van der Waals surface area contributed by atoms with Gasteiger partial charge in [0, 0.05) is 12.2 Å². The van der Waals surface area contributed by atoms with Gasteiger partial charge in [0.25, 0.3) is 0 Å². The van der Waals surface area contributed by atoms with Gasteiger partial charge in [0.2, 0.25) is 0 Å². The average molecular weight is 234 g/mol. The standard InChI is InChI=1S/C13H18N2S/c1-2-10-3-4-12(13(10)14-7-1)15-11-5-8-16-9-6-11/h1-2,7,11-12,15H,3-6,8-9H2. The zero-order chi connectivity index (χ0) is 10.8. The van der Waals surface area contributed by atoms with E-state index in [9.17, 15) is 0 Å². The second kappa shape index (κ2) is 4.76. The van der Waals surface area contributed by atoms with Crippen molar-refractivity contribution in [1.29, 1.82) is 0 Å². The van der Waals surface area contributed by atoms with E-state index < -0.39 is 0 Å². The lowest BCUT2D eigenvalue weighted by Gasteiger charge is -2.26. The molecule has 0 aromatic carbocycles. The number of hydrogen-bond acceptors (Lipinski definition) is 3. The summed E-state index contributed by atoms with van der Waals surface area (Å²) in [5.41, 5.74) is 2.76. The first-order valence-corrected chi connectivity index (χ1v) is 7.36. The smallest absolute Gasteiger partial charge is 0.0605 e. The van der Waals surface area contributed by atoms with Gasteiger partial charge in [0.15, 0.2) is 0 Å². The van der Waals surface area contributed by atoms with Crippen molar-refractivity contribution in [2.75, 3.05) is 11.5 Å². The fourth-order valence-electron chi connectivity index (χ4n) is 2.72. The minimum atomic E-state index is 0.518. The largest absolute Gasteiger partial charge is 0.306 e. The molecule has 1 saturated heterocycles. The van der Waals surface area contributed by atoms with E-state index in [1.54, 1.807) is 0 Å². The van der Waals surface area contributed by atoms with Crippen LogP contribution < -0.4 is 5.32 Å². The molecule has 2 heterocycles. The molecule has 1 aromatic heterocycles. The maximum Gasteiger partial charge on any atom is 0.0605 e. The number of thioether (sulfide) groups is 1. The molecule has 1 N–H and O–H groups in total. The Kier molecular flexibility index (Phi) is 3.15. The summed E-state index contributed by atoms with van der Waals surface area (Å²) < 4.78 is 0. The van der Waals surface area contributed by atoms with Gasteiger partial charge in [0.1, 0.15) is 0 Å². The van der Waals surface area contributed by atoms with E-state index in [0.29, 0.717) is 6.04 Å². The van der Waals surface area contributed by atoms with E-state index in [1.165, 1.54) is 48.4 Å². The molecule has 1 atom stereocenters. The predicted molar refractivity (Wildman–Crippen MR) is 68.8 cm³/mol. The third-order valence-corrected chi connectivity index (χ3v) is 4.67. The van der Waals surface area contributed by atoms with Crippen molar-refractivity contribution in [3.05, 3.63) is 29.6 Å². The molecular weight excluding hydrogens is 216 g/mol. The van der Waals surface area contributed by atoms with E-state index in [4.69, 9.17) is 0 Å². The second-order valence-corrected chi connectivity index (χ2v) is 5.92. The molecule has 0 radical (unpaired) electrons. The van der Waals surface area contributed by atoms with Crippen LogP contribution >= 0.6 is 11.8 Å². The summed E-state index contributed by atoms with van der Waals surface area (Å²) in [7, 11) is 0. The maximum absolute atomic E-state index is 4.54. The first kappa shape index (κ1) is 10.6. The number of hydrogen-bond donors (Lipinski definition) is 1. The lowest BCUT2D eigenvalue weighted by Crippen LogP contribution is -2.35. The Hall–Kier alpha value is -0.540. The summed E-state index contributed by atoms with van der Waals surface area (Å²) in [6, 6.07) is 5.52. The molecule has 3 heteroatoms. The van der Waals surface area contributed by atoms with E-state index >= 15 is 0 Å². The van der Waals surface area contributed by atoms with Crippen LogP contribution in [0.15, 0.2) is 18.3 Å². The third kappa shape index (κ3) is 2.11. The summed E-state index contributed by atoms with van der Waals surface area (Å²) >= 11 is 2.09. The monoisotopic (exact) mass is 234 g/mol. The highest BCUT2D eigenvalue weighted by Crippen LogP contribution is 2.30. The summed E-state index contributed by atoms with van der Waals surface area (Å²) in [4.78, 5) is 4.54. The molecule has 1 fully saturated rings. The summed E-state index contributed by atoms with van der Waals surface area (Å²) in [6.45, 7) is 0. The van der Waals surface area contributed by atoms with Crippen molar-refractivity contribution < 1.29 is 0 Å². The van der Waals surface area contributed by atoms with Crippen LogP contribution in [-0.2, 0) is 6.42 Å². The SMILES string of the molecule is c1cnc2c(c1)CCC2NC1CCSCC1. The number of aromatic nitrogens is 1. The molecule has 3 rings (SSSR count). The van der Waals surface area contributed by atoms with Gasteiger partial charge in [-0.1, -0.05) is 6.07 Å². The van der Waals surface area contributed by atoms with E-state index in [2.05, 4.69) is 34.2 Å². The Labute approximate surface area is 101 Å². The van der Waals surface area contributed by atoms with E-state index in [0.717, 1.165) is 6.04 Å². The Morgan fingerprint density at radius 3 is 3.00 bits per heavy atom. The summed E-state index contributed by atoms with van der Waals surface area (Å²) in [6.07, 6.45) is 7.00. The minimum absolute atomic E-state index is 0.518. The molecule has 1 aliphatic heterocycles. The van der Waals surface area contributed by atoms with Gasteiger partial charge in [-0.2, -0.15) is 11.8 Å². The Morgan fingerprint density at radius 2 is 2.12 bits per heavy atom. The van der Waals surface area contributed by atoms with Crippen molar-refractivity contribution in [2.24, 2.45) is 0 Å². The molecule has 1 aliphatic carbocycles. The van der Waals surface area contributed by atoms with Crippen molar-refractivity contribution in [1.82, 2.24) is 10.3 Å². The van der Waals surface area contributed by atoms with Gasteiger partial charge in [-0.25, -0.2) is 0 Å². The highest BCUT2D eigenvalue weighted by Gasteiger charge is 2.26. The number of aryl methyl sites for hydroxylation is 1. The number of nitrogens with one attached hydrogen (secondary N) is 1. The predicted octanol–water partition coefficient (Wildman–Crippen LogP) is 2.55. The molecule has 2 nitrogen and oxygen atoms in total. The molecule has 0 amide bonds. The van der Waals surface area contributed by atoms with Crippen LogP contribution in [0.4, 0.5) is 0 Å². The average Bonchev–Trinajstić information content (AvgIpc) is 2.74. The highest BCUT2D eigenvalue weighted by molar-refractivity contribution is 7.99. The molecule has 0 bridgehead atoms. The van der Waals surface area contributed by atoms with Crippen molar-refractivity contribution in [3.63, 3.8) is 0 Å². The van der Waals surface area contributed by atoms with Crippen LogP contribution in [-0.4, -0.2) is 22.5 Å². The number of pyridine rings is 1. The summed E-state index contributed by atoms with van der Waals surface area (Å²) in [5.74, 6) is 2.64. The van der Waals surface area contributed by atoms with Crippen LogP contribution in [0.3, 0.4) is 0 Å². The molecule has 1 aromatic rings. The zero-order valence-electron chi connectivity index (χ0n) is 9.48. The molecule has 2 aliphatic rings. The van der Waals surface area contributed by atoms with E-state index in [1.807, 2.05) is 6.20 Å². The van der Waals surface area contributed by atoms with Crippen molar-refractivity contribution in [3.8, 4) is 0 Å². The molecular formula is C13H18N2S. The molecule has 0 saturated carbocycles. The third-order valence-electron chi connectivity index (χ3n) is 3.62. The van der Waals surface area contributed by atoms with Crippen LogP contribution in [0.1, 0.15) is 36.6 Å². The summed E-state index contributed by atoms with van der Waals surface area (Å²) in [5, 5.41) is 3.80. The lowest BCUT2D eigenvalue weighted by atomic mass is 10.1. The molecule has 86 valence electrons. The van der Waals surface area contributed by atoms with Gasteiger partial charge < -0.3 is 5.32 Å². The van der Waals surface area contributed by atoms with Crippen LogP contribution in [0.5, 0.6) is 0 Å². The van der Waals surface area contributed by atoms with Crippen LogP contribution in [0, 0.1) is 0 Å². The fourth-order valence-corrected chi connectivity index (χ4v) is 3.83. The Balaban J connectivity index is 1.68. The zero-order valence-corrected chi connectivity index (χ0v) is 10.3. The van der Waals surface area contributed by atoms with Crippen molar-refractivity contribution >= 4 is 11.8 Å². The van der Waals surface area contributed by atoms with Gasteiger partial charge in [-0.3, -0.25) is 4.98 Å². The Bertz CT molecular complexity index is 361. The van der Waals surface area contributed by atoms with E-state index in [-0.39, 0.29) is 0 Å². The quantitative estimate of drug-likeness (QED) is 0.851. The van der Waals surface area contributed by atoms with Crippen LogP contribution in [0.25, 0.3) is 0 Å². The number of nitrogens with zero attached hydrogens (tertiary/aromatic N) is 1. The Morgan fingerprint density at radius 1 is 1.25 bits per heavy atom. The molecule has 16 heavy (non-hydrogen) atoms. The number of rotatable bonds is 2. The first-order valence-electron chi connectivity index (χ1n) is 6.21. The normalized spacial score (nSPS) is 25.6. The van der Waals surface area contributed by atoms with Crippen molar-refractivity contribution in [2.45, 2.75) is 37.8 Å². The lowest BCUT2D eigenvalue weighted by molar-refractivity contribution is 0.407. The van der Waals surface area contributed by atoms with Gasteiger partial charge in [0.05, 0.1) is 11.7 Å².